The number of benzene rings is 1. The third kappa shape index (κ3) is 3.30. The van der Waals surface area contributed by atoms with Crippen molar-refractivity contribution in [3.63, 3.8) is 0 Å². The number of nitrogens with one attached hydrogen (secondary N) is 1. The van der Waals surface area contributed by atoms with Crippen LogP contribution in [-0.4, -0.2) is 24.5 Å². The summed E-state index contributed by atoms with van der Waals surface area (Å²) < 4.78 is 0. The first-order valence-corrected chi connectivity index (χ1v) is 6.87. The van der Waals surface area contributed by atoms with E-state index in [2.05, 4.69) is 42.3 Å². The van der Waals surface area contributed by atoms with Gasteiger partial charge in [0, 0.05) is 19.6 Å². The molecule has 0 fully saturated rings. The van der Waals surface area contributed by atoms with E-state index >= 15 is 0 Å². The summed E-state index contributed by atoms with van der Waals surface area (Å²) in [5.41, 5.74) is 4.52. The van der Waals surface area contributed by atoms with Crippen LogP contribution in [0.3, 0.4) is 0 Å². The first kappa shape index (κ1) is 12.6. The van der Waals surface area contributed by atoms with Crippen LogP contribution in [-0.2, 0) is 19.5 Å². The number of nitrogens with zero attached hydrogens (tertiary/aromatic N) is 1. The summed E-state index contributed by atoms with van der Waals surface area (Å²) in [7, 11) is 0. The Bertz CT molecular complexity index is 360. The molecule has 2 rings (SSSR count). The second kappa shape index (κ2) is 6.18. The molecule has 0 atom stereocenters. The van der Waals surface area contributed by atoms with Gasteiger partial charge in [0.1, 0.15) is 0 Å². The van der Waals surface area contributed by atoms with E-state index in [-0.39, 0.29) is 0 Å². The predicted octanol–water partition coefficient (Wildman–Crippen LogP) is 2.56. The summed E-state index contributed by atoms with van der Waals surface area (Å²) >= 11 is 0. The molecule has 0 saturated heterocycles. The number of fused-ring (bicyclic) bond motifs is 1. The van der Waals surface area contributed by atoms with Gasteiger partial charge in [-0.3, -0.25) is 4.90 Å². The van der Waals surface area contributed by atoms with Gasteiger partial charge in [0.15, 0.2) is 0 Å². The van der Waals surface area contributed by atoms with E-state index in [0.717, 1.165) is 19.6 Å². The average Bonchev–Trinajstić information content (AvgIpc) is 2.38. The molecular formula is C15H24N2. The molecule has 1 heterocycles. The van der Waals surface area contributed by atoms with E-state index in [9.17, 15) is 0 Å². The SMILES string of the molecule is CCCNCc1ccc2c(c1)CCN(CC)C2. The fourth-order valence-electron chi connectivity index (χ4n) is 2.45. The van der Waals surface area contributed by atoms with Crippen molar-refractivity contribution in [1.29, 1.82) is 0 Å². The van der Waals surface area contributed by atoms with Crippen molar-refractivity contribution in [3.8, 4) is 0 Å². The van der Waals surface area contributed by atoms with Crippen molar-refractivity contribution in [2.24, 2.45) is 0 Å². The van der Waals surface area contributed by atoms with Crippen LogP contribution in [0.1, 0.15) is 37.0 Å². The molecule has 0 radical (unpaired) electrons. The van der Waals surface area contributed by atoms with Crippen molar-refractivity contribution in [3.05, 3.63) is 34.9 Å². The summed E-state index contributed by atoms with van der Waals surface area (Å²) in [4.78, 5) is 2.51. The van der Waals surface area contributed by atoms with Crippen LogP contribution in [0.15, 0.2) is 18.2 Å². The van der Waals surface area contributed by atoms with Crippen molar-refractivity contribution in [2.45, 2.75) is 39.8 Å². The highest BCUT2D eigenvalue weighted by atomic mass is 15.1. The Morgan fingerprint density at radius 3 is 2.88 bits per heavy atom. The molecule has 0 bridgehead atoms. The summed E-state index contributed by atoms with van der Waals surface area (Å²) in [6.45, 7) is 10.1. The van der Waals surface area contributed by atoms with Gasteiger partial charge < -0.3 is 5.32 Å². The zero-order chi connectivity index (χ0) is 12.1. The molecule has 0 aliphatic carbocycles. The van der Waals surface area contributed by atoms with E-state index < -0.39 is 0 Å². The van der Waals surface area contributed by atoms with Gasteiger partial charge in [0.2, 0.25) is 0 Å². The Kier molecular flexibility index (Phi) is 4.57. The minimum Gasteiger partial charge on any atom is -0.313 e. The largest absolute Gasteiger partial charge is 0.313 e. The lowest BCUT2D eigenvalue weighted by molar-refractivity contribution is 0.268. The number of hydrogen-bond donors (Lipinski definition) is 1. The van der Waals surface area contributed by atoms with E-state index in [1.54, 1.807) is 5.56 Å². The van der Waals surface area contributed by atoms with Crippen molar-refractivity contribution >= 4 is 0 Å². The Morgan fingerprint density at radius 2 is 2.12 bits per heavy atom. The van der Waals surface area contributed by atoms with Gasteiger partial charge in [-0.25, -0.2) is 0 Å². The lowest BCUT2D eigenvalue weighted by Crippen LogP contribution is -2.30. The van der Waals surface area contributed by atoms with Crippen LogP contribution in [0.5, 0.6) is 0 Å². The Balaban J connectivity index is 2.00. The van der Waals surface area contributed by atoms with Gasteiger partial charge in [0.05, 0.1) is 0 Å². The molecule has 1 aromatic carbocycles. The predicted molar refractivity (Wildman–Crippen MR) is 73.1 cm³/mol. The first-order chi connectivity index (χ1) is 8.33. The second-order valence-corrected chi connectivity index (χ2v) is 4.90. The third-order valence-electron chi connectivity index (χ3n) is 3.57. The standard InChI is InChI=1S/C15H24N2/c1-3-8-16-11-13-5-6-15-12-17(4-2)9-7-14(15)10-13/h5-6,10,16H,3-4,7-9,11-12H2,1-2H3. The molecule has 1 N–H and O–H groups in total. The maximum atomic E-state index is 3.47. The smallest absolute Gasteiger partial charge is 0.0236 e. The summed E-state index contributed by atoms with van der Waals surface area (Å²) in [6.07, 6.45) is 2.42. The monoisotopic (exact) mass is 232 g/mol. The zero-order valence-corrected chi connectivity index (χ0v) is 11.1. The van der Waals surface area contributed by atoms with Gasteiger partial charge in [0.25, 0.3) is 0 Å². The van der Waals surface area contributed by atoms with Crippen LogP contribution < -0.4 is 5.32 Å². The van der Waals surface area contributed by atoms with E-state index in [0.29, 0.717) is 0 Å². The molecule has 0 amide bonds. The lowest BCUT2D eigenvalue weighted by atomic mass is 9.97. The molecule has 0 saturated carbocycles. The fraction of sp³-hybridized carbons (Fsp3) is 0.600. The van der Waals surface area contributed by atoms with Gasteiger partial charge in [-0.1, -0.05) is 32.0 Å². The van der Waals surface area contributed by atoms with Crippen LogP contribution in [0.4, 0.5) is 0 Å². The van der Waals surface area contributed by atoms with Gasteiger partial charge in [-0.2, -0.15) is 0 Å². The maximum absolute atomic E-state index is 3.47. The summed E-state index contributed by atoms with van der Waals surface area (Å²) in [5, 5.41) is 3.47. The number of rotatable bonds is 5. The Hall–Kier alpha value is -0.860. The highest BCUT2D eigenvalue weighted by Gasteiger charge is 2.14. The zero-order valence-electron chi connectivity index (χ0n) is 11.1. The average molecular weight is 232 g/mol. The minimum absolute atomic E-state index is 1.01. The van der Waals surface area contributed by atoms with Crippen molar-refractivity contribution in [2.75, 3.05) is 19.6 Å². The van der Waals surface area contributed by atoms with E-state index in [4.69, 9.17) is 0 Å². The highest BCUT2D eigenvalue weighted by Crippen LogP contribution is 2.20. The highest BCUT2D eigenvalue weighted by molar-refractivity contribution is 5.33. The molecular weight excluding hydrogens is 208 g/mol. The van der Waals surface area contributed by atoms with Crippen LogP contribution in [0.25, 0.3) is 0 Å². The van der Waals surface area contributed by atoms with Crippen molar-refractivity contribution < 1.29 is 0 Å². The van der Waals surface area contributed by atoms with E-state index in [1.165, 1.54) is 37.1 Å². The van der Waals surface area contributed by atoms with Crippen LogP contribution >= 0.6 is 0 Å². The molecule has 2 nitrogen and oxygen atoms in total. The second-order valence-electron chi connectivity index (χ2n) is 4.90. The van der Waals surface area contributed by atoms with Gasteiger partial charge in [-0.15, -0.1) is 0 Å². The summed E-state index contributed by atoms with van der Waals surface area (Å²) in [6, 6.07) is 6.99. The fourth-order valence-corrected chi connectivity index (χ4v) is 2.45. The van der Waals surface area contributed by atoms with Gasteiger partial charge in [-0.05, 0) is 42.6 Å². The molecule has 1 aliphatic heterocycles. The quantitative estimate of drug-likeness (QED) is 0.785. The molecule has 0 aromatic heterocycles. The minimum atomic E-state index is 1.01. The summed E-state index contributed by atoms with van der Waals surface area (Å²) in [5.74, 6) is 0. The first-order valence-electron chi connectivity index (χ1n) is 6.87. The Labute approximate surface area is 105 Å². The molecule has 1 aliphatic rings. The third-order valence-corrected chi connectivity index (χ3v) is 3.57. The molecule has 0 spiro atoms. The Morgan fingerprint density at radius 1 is 1.24 bits per heavy atom. The topological polar surface area (TPSA) is 15.3 Å². The molecule has 94 valence electrons. The van der Waals surface area contributed by atoms with Crippen LogP contribution in [0, 0.1) is 0 Å². The molecule has 17 heavy (non-hydrogen) atoms. The number of hydrogen-bond acceptors (Lipinski definition) is 2. The molecule has 1 aromatic rings. The van der Waals surface area contributed by atoms with Gasteiger partial charge >= 0.3 is 0 Å². The van der Waals surface area contributed by atoms with E-state index in [1.807, 2.05) is 0 Å². The molecule has 2 heteroatoms. The van der Waals surface area contributed by atoms with Crippen molar-refractivity contribution in [1.82, 2.24) is 10.2 Å². The normalized spacial score (nSPS) is 15.9. The van der Waals surface area contributed by atoms with Crippen LogP contribution in [0.2, 0.25) is 0 Å². The number of likely N-dealkylation sites (N-methyl/N-ethyl adjacent to an activating group) is 1. The maximum Gasteiger partial charge on any atom is 0.0236 e. The molecule has 0 unspecified atom stereocenters. The lowest BCUT2D eigenvalue weighted by Gasteiger charge is -2.27.